The van der Waals surface area contributed by atoms with Crippen molar-refractivity contribution in [2.45, 2.75) is 80.6 Å². The van der Waals surface area contributed by atoms with Gasteiger partial charge in [0.15, 0.2) is 0 Å². The Kier molecular flexibility index (Phi) is 8.80. The Morgan fingerprint density at radius 3 is 1.68 bits per heavy atom. The molecule has 0 amide bonds. The molecule has 0 aromatic carbocycles. The second-order valence-electron chi connectivity index (χ2n) is 7.22. The predicted octanol–water partition coefficient (Wildman–Crippen LogP) is 6.84. The zero-order valence-corrected chi connectivity index (χ0v) is 14.3. The second-order valence-corrected chi connectivity index (χ2v) is 7.22. The molecule has 0 nitrogen and oxygen atoms in total. The zero-order chi connectivity index (χ0) is 14.9. The molecule has 19 heavy (non-hydrogen) atoms. The fraction of sp³-hybridized carbons (Fsp3) is 0.684. The first-order valence-corrected chi connectivity index (χ1v) is 7.65. The molecule has 0 aromatic rings. The maximum Gasteiger partial charge on any atom is -0.0288 e. The van der Waals surface area contributed by atoms with Crippen LogP contribution in [0.3, 0.4) is 0 Å². The monoisotopic (exact) mass is 262 g/mol. The molecule has 0 aliphatic rings. The highest BCUT2D eigenvalue weighted by atomic mass is 14.1. The summed E-state index contributed by atoms with van der Waals surface area (Å²) in [6, 6.07) is 0. The van der Waals surface area contributed by atoms with E-state index in [4.69, 9.17) is 0 Å². The molecule has 0 spiro atoms. The molecule has 0 aliphatic carbocycles. The van der Waals surface area contributed by atoms with Gasteiger partial charge in [-0.1, -0.05) is 55.7 Å². The van der Waals surface area contributed by atoms with Crippen molar-refractivity contribution >= 4 is 0 Å². The van der Waals surface area contributed by atoms with Crippen LogP contribution >= 0.6 is 0 Å². The van der Waals surface area contributed by atoms with Crippen LogP contribution in [-0.4, -0.2) is 0 Å². The Morgan fingerprint density at radius 2 is 1.21 bits per heavy atom. The van der Waals surface area contributed by atoms with Gasteiger partial charge in [-0.15, -0.1) is 0 Å². The molecule has 110 valence electrons. The van der Waals surface area contributed by atoms with E-state index >= 15 is 0 Å². The maximum absolute atomic E-state index is 2.41. The quantitative estimate of drug-likeness (QED) is 0.440. The van der Waals surface area contributed by atoms with E-state index in [9.17, 15) is 0 Å². The Balaban J connectivity index is 3.96. The Bertz CT molecular complexity index is 328. The van der Waals surface area contributed by atoms with Gasteiger partial charge in [-0.2, -0.15) is 0 Å². The van der Waals surface area contributed by atoms with Gasteiger partial charge in [0.1, 0.15) is 0 Å². The first-order valence-electron chi connectivity index (χ1n) is 7.65. The molecule has 0 rings (SSSR count). The van der Waals surface area contributed by atoms with E-state index in [0.29, 0.717) is 5.41 Å². The summed E-state index contributed by atoms with van der Waals surface area (Å²) in [4.78, 5) is 0. The Hall–Kier alpha value is -0.780. The molecule has 0 heteroatoms. The summed E-state index contributed by atoms with van der Waals surface area (Å²) >= 11 is 0. The van der Waals surface area contributed by atoms with Crippen LogP contribution in [0.5, 0.6) is 0 Å². The zero-order valence-electron chi connectivity index (χ0n) is 14.3. The van der Waals surface area contributed by atoms with Crippen LogP contribution in [0, 0.1) is 5.41 Å². The van der Waals surface area contributed by atoms with Crippen molar-refractivity contribution in [2.75, 3.05) is 0 Å². The smallest absolute Gasteiger partial charge is 0.0288 e. The van der Waals surface area contributed by atoms with Crippen LogP contribution in [0.25, 0.3) is 0 Å². The molecule has 0 bridgehead atoms. The summed E-state index contributed by atoms with van der Waals surface area (Å²) in [5.74, 6) is 0. The molecule has 0 unspecified atom stereocenters. The third-order valence-electron chi connectivity index (χ3n) is 3.19. The SMILES string of the molecule is CC(C)=CCC/C(C)=C\CC/C(C)=C/CC(C)(C)C. The highest BCUT2D eigenvalue weighted by Crippen LogP contribution is 2.21. The van der Waals surface area contributed by atoms with E-state index in [0.717, 1.165) is 0 Å². The van der Waals surface area contributed by atoms with Gasteiger partial charge in [-0.05, 0) is 65.2 Å². The lowest BCUT2D eigenvalue weighted by Gasteiger charge is -2.15. The van der Waals surface area contributed by atoms with Crippen molar-refractivity contribution in [3.8, 4) is 0 Å². The molecule has 0 fully saturated rings. The average molecular weight is 262 g/mol. The van der Waals surface area contributed by atoms with Crippen LogP contribution in [0.15, 0.2) is 34.9 Å². The molecular weight excluding hydrogens is 228 g/mol. The third-order valence-corrected chi connectivity index (χ3v) is 3.19. The highest BCUT2D eigenvalue weighted by Gasteiger charge is 2.07. The van der Waals surface area contributed by atoms with Gasteiger partial charge in [-0.3, -0.25) is 0 Å². The third kappa shape index (κ3) is 13.5. The average Bonchev–Trinajstić information content (AvgIpc) is 2.25. The van der Waals surface area contributed by atoms with E-state index < -0.39 is 0 Å². The van der Waals surface area contributed by atoms with Gasteiger partial charge >= 0.3 is 0 Å². The van der Waals surface area contributed by atoms with E-state index in [1.165, 1.54) is 48.8 Å². The molecule has 0 saturated carbocycles. The van der Waals surface area contributed by atoms with Crippen molar-refractivity contribution in [1.82, 2.24) is 0 Å². The van der Waals surface area contributed by atoms with Gasteiger partial charge in [-0.25, -0.2) is 0 Å². The minimum absolute atomic E-state index is 0.414. The minimum atomic E-state index is 0.414. The summed E-state index contributed by atoms with van der Waals surface area (Å²) in [6.45, 7) is 15.7. The lowest BCUT2D eigenvalue weighted by atomic mass is 9.91. The van der Waals surface area contributed by atoms with Gasteiger partial charge in [0.25, 0.3) is 0 Å². The molecule has 0 aromatic heterocycles. The summed E-state index contributed by atoms with van der Waals surface area (Å²) in [7, 11) is 0. The summed E-state index contributed by atoms with van der Waals surface area (Å²) < 4.78 is 0. The lowest BCUT2D eigenvalue weighted by Crippen LogP contribution is -2.02. The van der Waals surface area contributed by atoms with Crippen molar-refractivity contribution in [1.29, 1.82) is 0 Å². The molecule has 0 aliphatic heterocycles. The van der Waals surface area contributed by atoms with E-state index in [1.807, 2.05) is 0 Å². The minimum Gasteiger partial charge on any atom is -0.0856 e. The van der Waals surface area contributed by atoms with Crippen LogP contribution in [0.1, 0.15) is 80.6 Å². The number of allylic oxidation sites excluding steroid dienone is 6. The standard InChI is InChI=1S/C19H34/c1-16(2)10-8-11-17(3)12-9-13-18(4)14-15-19(5,6)7/h10,12,14H,8-9,11,13,15H2,1-7H3/b17-12-,18-14+. The fourth-order valence-electron chi connectivity index (χ4n) is 1.82. The largest absolute Gasteiger partial charge is 0.0856 e. The van der Waals surface area contributed by atoms with E-state index in [-0.39, 0.29) is 0 Å². The highest BCUT2D eigenvalue weighted by molar-refractivity contribution is 5.05. The van der Waals surface area contributed by atoms with Crippen molar-refractivity contribution in [2.24, 2.45) is 5.41 Å². The Labute approximate surface area is 121 Å². The molecule has 0 atom stereocenters. The van der Waals surface area contributed by atoms with Gasteiger partial charge in [0.2, 0.25) is 0 Å². The van der Waals surface area contributed by atoms with Crippen molar-refractivity contribution in [3.05, 3.63) is 34.9 Å². The predicted molar refractivity (Wildman–Crippen MR) is 89.5 cm³/mol. The van der Waals surface area contributed by atoms with Crippen LogP contribution in [0.4, 0.5) is 0 Å². The van der Waals surface area contributed by atoms with Gasteiger partial charge < -0.3 is 0 Å². The number of rotatable bonds is 7. The molecular formula is C19H34. The fourth-order valence-corrected chi connectivity index (χ4v) is 1.82. The molecule has 0 heterocycles. The van der Waals surface area contributed by atoms with Crippen LogP contribution in [-0.2, 0) is 0 Å². The van der Waals surface area contributed by atoms with Gasteiger partial charge in [0.05, 0.1) is 0 Å². The van der Waals surface area contributed by atoms with Crippen molar-refractivity contribution in [3.63, 3.8) is 0 Å². The van der Waals surface area contributed by atoms with E-state index in [1.54, 1.807) is 0 Å². The summed E-state index contributed by atoms with van der Waals surface area (Å²) in [6.07, 6.45) is 13.1. The Morgan fingerprint density at radius 1 is 0.737 bits per heavy atom. The molecule has 0 radical (unpaired) electrons. The normalized spacial score (nSPS) is 13.6. The second kappa shape index (κ2) is 9.18. The number of hydrogen-bond donors (Lipinski definition) is 0. The maximum atomic E-state index is 2.41. The molecule has 0 N–H and O–H groups in total. The van der Waals surface area contributed by atoms with Crippen LogP contribution in [0.2, 0.25) is 0 Å². The van der Waals surface area contributed by atoms with Gasteiger partial charge in [0, 0.05) is 0 Å². The first-order chi connectivity index (χ1) is 8.70. The summed E-state index contributed by atoms with van der Waals surface area (Å²) in [5.41, 5.74) is 4.90. The van der Waals surface area contributed by atoms with Crippen LogP contribution < -0.4 is 0 Å². The summed E-state index contributed by atoms with van der Waals surface area (Å²) in [5, 5.41) is 0. The number of hydrogen-bond acceptors (Lipinski definition) is 0. The molecule has 0 saturated heterocycles. The van der Waals surface area contributed by atoms with Crippen molar-refractivity contribution < 1.29 is 0 Å². The topological polar surface area (TPSA) is 0 Å². The van der Waals surface area contributed by atoms with E-state index in [2.05, 4.69) is 66.7 Å². The lowest BCUT2D eigenvalue weighted by molar-refractivity contribution is 0.419. The first kappa shape index (κ1) is 18.2.